The molecule has 0 radical (unpaired) electrons. The zero-order chi connectivity index (χ0) is 13.2. The highest BCUT2D eigenvalue weighted by atomic mass is 32.2. The third-order valence-corrected chi connectivity index (χ3v) is 5.71. The van der Waals surface area contributed by atoms with Crippen LogP contribution in [0.25, 0.3) is 0 Å². The number of methoxy groups -OCH3 is 1. The molecule has 5 nitrogen and oxygen atoms in total. The fourth-order valence-electron chi connectivity index (χ4n) is 1.71. The Bertz CT molecular complexity index is 529. The SMILES string of the molecule is COC(=O)[C@@H]1CSCN1S(=O)(=O)c1ccccc1. The van der Waals surface area contributed by atoms with Crippen molar-refractivity contribution in [3.05, 3.63) is 30.3 Å². The van der Waals surface area contributed by atoms with Crippen molar-refractivity contribution in [3.63, 3.8) is 0 Å². The van der Waals surface area contributed by atoms with Crippen LogP contribution < -0.4 is 0 Å². The number of benzene rings is 1. The number of nitrogens with zero attached hydrogens (tertiary/aromatic N) is 1. The molecular weight excluding hydrogens is 274 g/mol. The summed E-state index contributed by atoms with van der Waals surface area (Å²) in [6.07, 6.45) is 0. The van der Waals surface area contributed by atoms with E-state index in [1.165, 1.54) is 35.3 Å². The zero-order valence-electron chi connectivity index (χ0n) is 9.78. The number of hydrogen-bond donors (Lipinski definition) is 0. The fraction of sp³-hybridized carbons (Fsp3) is 0.364. The molecule has 0 aliphatic carbocycles. The van der Waals surface area contributed by atoms with E-state index >= 15 is 0 Å². The summed E-state index contributed by atoms with van der Waals surface area (Å²) in [6, 6.07) is 7.37. The molecule has 18 heavy (non-hydrogen) atoms. The minimum atomic E-state index is -3.63. The Labute approximate surface area is 110 Å². The average molecular weight is 287 g/mol. The lowest BCUT2D eigenvalue weighted by Gasteiger charge is -2.21. The minimum absolute atomic E-state index is 0.196. The van der Waals surface area contributed by atoms with Gasteiger partial charge in [-0.05, 0) is 12.1 Å². The van der Waals surface area contributed by atoms with Crippen molar-refractivity contribution in [1.29, 1.82) is 0 Å². The second kappa shape index (κ2) is 5.29. The lowest BCUT2D eigenvalue weighted by molar-refractivity contribution is -0.143. The molecule has 1 aromatic carbocycles. The van der Waals surface area contributed by atoms with E-state index in [2.05, 4.69) is 4.74 Å². The van der Waals surface area contributed by atoms with E-state index in [1.54, 1.807) is 18.2 Å². The van der Waals surface area contributed by atoms with Gasteiger partial charge in [0.1, 0.15) is 6.04 Å². The summed E-state index contributed by atoms with van der Waals surface area (Å²) in [5, 5.41) is 0. The summed E-state index contributed by atoms with van der Waals surface area (Å²) < 4.78 is 30.6. The van der Waals surface area contributed by atoms with Crippen molar-refractivity contribution in [2.75, 3.05) is 18.7 Å². The predicted octanol–water partition coefficient (Wildman–Crippen LogP) is 0.923. The van der Waals surface area contributed by atoms with E-state index in [4.69, 9.17) is 0 Å². The van der Waals surface area contributed by atoms with Crippen LogP contribution in [0.4, 0.5) is 0 Å². The first-order valence-corrected chi connectivity index (χ1v) is 7.89. The average Bonchev–Trinajstić information content (AvgIpc) is 2.89. The number of sulfonamides is 1. The van der Waals surface area contributed by atoms with Crippen LogP contribution in [0.2, 0.25) is 0 Å². The number of ether oxygens (including phenoxy) is 1. The first-order valence-electron chi connectivity index (χ1n) is 5.30. The molecule has 1 fully saturated rings. The first kappa shape index (κ1) is 13.4. The molecule has 7 heteroatoms. The van der Waals surface area contributed by atoms with Gasteiger partial charge in [-0.25, -0.2) is 8.42 Å². The molecular formula is C11H13NO4S2. The number of hydrogen-bond acceptors (Lipinski definition) is 5. The third kappa shape index (κ3) is 2.38. The highest BCUT2D eigenvalue weighted by Crippen LogP contribution is 2.28. The van der Waals surface area contributed by atoms with E-state index in [1.807, 2.05) is 0 Å². The topological polar surface area (TPSA) is 63.7 Å². The Kier molecular flexibility index (Phi) is 3.94. The monoisotopic (exact) mass is 287 g/mol. The van der Waals surface area contributed by atoms with Crippen LogP contribution in [0.3, 0.4) is 0 Å². The van der Waals surface area contributed by atoms with Crippen molar-refractivity contribution < 1.29 is 17.9 Å². The van der Waals surface area contributed by atoms with E-state index in [-0.39, 0.29) is 10.8 Å². The Balaban J connectivity index is 2.33. The first-order chi connectivity index (χ1) is 8.57. The molecule has 1 aromatic rings. The van der Waals surface area contributed by atoms with Gasteiger partial charge in [-0.2, -0.15) is 4.31 Å². The Hall–Kier alpha value is -1.05. The zero-order valence-corrected chi connectivity index (χ0v) is 11.4. The molecule has 0 saturated carbocycles. The van der Waals surface area contributed by atoms with Crippen molar-refractivity contribution in [3.8, 4) is 0 Å². The lowest BCUT2D eigenvalue weighted by atomic mass is 10.3. The van der Waals surface area contributed by atoms with Gasteiger partial charge < -0.3 is 4.74 Å². The van der Waals surface area contributed by atoms with E-state index in [9.17, 15) is 13.2 Å². The van der Waals surface area contributed by atoms with Gasteiger partial charge in [0.05, 0.1) is 17.9 Å². The molecule has 98 valence electrons. The molecule has 0 unspecified atom stereocenters. The third-order valence-electron chi connectivity index (χ3n) is 2.66. The number of esters is 1. The maximum absolute atomic E-state index is 12.4. The van der Waals surface area contributed by atoms with Crippen LogP contribution in [-0.2, 0) is 19.6 Å². The molecule has 1 saturated heterocycles. The van der Waals surface area contributed by atoms with Gasteiger partial charge >= 0.3 is 5.97 Å². The molecule has 1 aliphatic heterocycles. The Morgan fingerprint density at radius 1 is 1.39 bits per heavy atom. The second-order valence-corrected chi connectivity index (χ2v) is 6.63. The highest BCUT2D eigenvalue weighted by Gasteiger charge is 2.40. The molecule has 1 aliphatic rings. The maximum Gasteiger partial charge on any atom is 0.325 e. The van der Waals surface area contributed by atoms with Gasteiger partial charge in [0.2, 0.25) is 10.0 Å². The van der Waals surface area contributed by atoms with Gasteiger partial charge in [0.15, 0.2) is 0 Å². The maximum atomic E-state index is 12.4. The molecule has 0 N–H and O–H groups in total. The minimum Gasteiger partial charge on any atom is -0.468 e. The van der Waals surface area contributed by atoms with Crippen molar-refractivity contribution in [1.82, 2.24) is 4.31 Å². The number of rotatable bonds is 3. The molecule has 0 amide bonds. The largest absolute Gasteiger partial charge is 0.468 e. The van der Waals surface area contributed by atoms with Gasteiger partial charge in [-0.15, -0.1) is 11.8 Å². The quantitative estimate of drug-likeness (QED) is 0.774. The van der Waals surface area contributed by atoms with Crippen LogP contribution in [0, 0.1) is 0 Å². The molecule has 0 bridgehead atoms. The highest BCUT2D eigenvalue weighted by molar-refractivity contribution is 8.00. The molecule has 1 atom stereocenters. The molecule has 0 aromatic heterocycles. The van der Waals surface area contributed by atoms with Gasteiger partial charge in [0, 0.05) is 5.75 Å². The van der Waals surface area contributed by atoms with Crippen LogP contribution >= 0.6 is 11.8 Å². The summed E-state index contributed by atoms with van der Waals surface area (Å²) in [5.41, 5.74) is 0. The van der Waals surface area contributed by atoms with Crippen molar-refractivity contribution >= 4 is 27.8 Å². The van der Waals surface area contributed by atoms with Crippen LogP contribution in [0.5, 0.6) is 0 Å². The van der Waals surface area contributed by atoms with E-state index < -0.39 is 22.0 Å². The van der Waals surface area contributed by atoms with Gasteiger partial charge in [-0.1, -0.05) is 18.2 Å². The molecule has 1 heterocycles. The summed E-state index contributed by atoms with van der Waals surface area (Å²) in [5.74, 6) is 0.190. The van der Waals surface area contributed by atoms with Crippen molar-refractivity contribution in [2.24, 2.45) is 0 Å². The number of carbonyl (C=O) groups excluding carboxylic acids is 1. The van der Waals surface area contributed by atoms with E-state index in [0.717, 1.165) is 0 Å². The normalized spacial score (nSPS) is 20.8. The standard InChI is InChI=1S/C11H13NO4S2/c1-16-11(13)10-7-17-8-12(10)18(14,15)9-5-3-2-4-6-9/h2-6,10H,7-8H2,1H3/t10-/m0/s1. The van der Waals surface area contributed by atoms with Crippen molar-refractivity contribution in [2.45, 2.75) is 10.9 Å². The second-order valence-electron chi connectivity index (χ2n) is 3.74. The van der Waals surface area contributed by atoms with Crippen LogP contribution in [0.1, 0.15) is 0 Å². The number of thioether (sulfide) groups is 1. The summed E-state index contributed by atoms with van der Waals surface area (Å²) in [7, 11) is -2.37. The Morgan fingerprint density at radius 3 is 2.67 bits per heavy atom. The van der Waals surface area contributed by atoms with Crippen LogP contribution in [-0.4, -0.2) is 43.5 Å². The van der Waals surface area contributed by atoms with E-state index in [0.29, 0.717) is 5.75 Å². The summed E-state index contributed by atoms with van der Waals surface area (Å²) >= 11 is 1.40. The molecule has 0 spiro atoms. The smallest absolute Gasteiger partial charge is 0.325 e. The summed E-state index contributed by atoms with van der Waals surface area (Å²) in [6.45, 7) is 0. The molecule has 2 rings (SSSR count). The lowest BCUT2D eigenvalue weighted by Crippen LogP contribution is -2.42. The van der Waals surface area contributed by atoms with Gasteiger partial charge in [-0.3, -0.25) is 4.79 Å². The summed E-state index contributed by atoms with van der Waals surface area (Å²) in [4.78, 5) is 11.8. The Morgan fingerprint density at radius 2 is 2.06 bits per heavy atom. The predicted molar refractivity (Wildman–Crippen MR) is 68.6 cm³/mol. The van der Waals surface area contributed by atoms with Gasteiger partial charge in [0.25, 0.3) is 0 Å². The number of carbonyl (C=O) groups is 1. The fourth-order valence-corrected chi connectivity index (χ4v) is 4.86. The van der Waals surface area contributed by atoms with Crippen LogP contribution in [0.15, 0.2) is 35.2 Å².